The molecule has 0 saturated carbocycles. The predicted molar refractivity (Wildman–Crippen MR) is 135 cm³/mol. The normalized spacial score (nSPS) is 10.1. The summed E-state index contributed by atoms with van der Waals surface area (Å²) >= 11 is 0. The third kappa shape index (κ3) is 7.11. The molecule has 2 amide bonds. The van der Waals surface area contributed by atoms with Crippen molar-refractivity contribution in [3.05, 3.63) is 95.1 Å². The van der Waals surface area contributed by atoms with Gasteiger partial charge in [-0.15, -0.1) is 0 Å². The van der Waals surface area contributed by atoms with E-state index in [0.717, 1.165) is 11.1 Å². The van der Waals surface area contributed by atoms with Gasteiger partial charge in [-0.1, -0.05) is 60.7 Å². The molecule has 0 bridgehead atoms. The summed E-state index contributed by atoms with van der Waals surface area (Å²) in [5.74, 6) is 0.341. The van der Waals surface area contributed by atoms with Crippen LogP contribution < -0.4 is 24.8 Å². The summed E-state index contributed by atoms with van der Waals surface area (Å²) < 4.78 is 16.6. The fourth-order valence-electron chi connectivity index (χ4n) is 3.42. The lowest BCUT2D eigenvalue weighted by Crippen LogP contribution is -2.34. The third-order valence-corrected chi connectivity index (χ3v) is 5.16. The van der Waals surface area contributed by atoms with Gasteiger partial charge in [-0.2, -0.15) is 0 Å². The molecule has 182 valence electrons. The highest BCUT2D eigenvalue weighted by Crippen LogP contribution is 2.39. The quantitative estimate of drug-likeness (QED) is 0.248. The topological polar surface area (TPSA) is 85.9 Å². The molecule has 3 rings (SSSR count). The second kappa shape index (κ2) is 12.8. The van der Waals surface area contributed by atoms with E-state index in [1.165, 1.54) is 20.3 Å². The molecule has 0 aromatic heterocycles. The van der Waals surface area contributed by atoms with Crippen LogP contribution in [0.3, 0.4) is 0 Å². The van der Waals surface area contributed by atoms with E-state index in [1.54, 1.807) is 12.1 Å². The first-order valence-electron chi connectivity index (χ1n) is 11.3. The number of benzene rings is 3. The molecule has 0 aliphatic carbocycles. The van der Waals surface area contributed by atoms with Crippen LogP contribution in [0.4, 0.5) is 0 Å². The molecular weight excluding hydrogens is 444 g/mol. The molecule has 0 saturated heterocycles. The minimum Gasteiger partial charge on any atom is -0.493 e. The van der Waals surface area contributed by atoms with Crippen LogP contribution in [-0.2, 0) is 22.7 Å². The summed E-state index contributed by atoms with van der Waals surface area (Å²) in [6, 6.07) is 22.4. The van der Waals surface area contributed by atoms with Crippen LogP contribution in [0.2, 0.25) is 0 Å². The minimum atomic E-state index is -0.494. The van der Waals surface area contributed by atoms with Crippen molar-refractivity contribution in [3.63, 3.8) is 0 Å². The van der Waals surface area contributed by atoms with Gasteiger partial charge in [-0.05, 0) is 41.8 Å². The van der Waals surface area contributed by atoms with Crippen LogP contribution in [0, 0.1) is 0 Å². The zero-order valence-electron chi connectivity index (χ0n) is 20.2. The molecule has 3 aromatic rings. The Morgan fingerprint density at radius 3 is 1.63 bits per heavy atom. The maximum absolute atomic E-state index is 13.1. The van der Waals surface area contributed by atoms with E-state index in [4.69, 9.17) is 14.2 Å². The van der Waals surface area contributed by atoms with E-state index in [2.05, 4.69) is 10.6 Å². The summed E-state index contributed by atoms with van der Waals surface area (Å²) in [5, 5.41) is 5.66. The van der Waals surface area contributed by atoms with E-state index in [-0.39, 0.29) is 5.57 Å². The average Bonchev–Trinajstić information content (AvgIpc) is 2.90. The Balaban J connectivity index is 1.91. The molecule has 0 aliphatic heterocycles. The maximum Gasteiger partial charge on any atom is 0.257 e. The summed E-state index contributed by atoms with van der Waals surface area (Å²) in [7, 11) is 3.04. The molecule has 0 heterocycles. The highest BCUT2D eigenvalue weighted by molar-refractivity contribution is 6.21. The van der Waals surface area contributed by atoms with Crippen molar-refractivity contribution < 1.29 is 23.8 Å². The van der Waals surface area contributed by atoms with E-state index in [1.807, 2.05) is 67.6 Å². The van der Waals surface area contributed by atoms with Crippen molar-refractivity contribution in [1.82, 2.24) is 10.6 Å². The van der Waals surface area contributed by atoms with Crippen molar-refractivity contribution >= 4 is 17.9 Å². The Morgan fingerprint density at radius 1 is 0.771 bits per heavy atom. The average molecular weight is 475 g/mol. The molecule has 0 spiro atoms. The second-order valence-corrected chi connectivity index (χ2v) is 7.58. The molecule has 7 heteroatoms. The minimum absolute atomic E-state index is 0.0369. The monoisotopic (exact) mass is 474 g/mol. The Labute approximate surface area is 205 Å². The fraction of sp³-hybridized carbons (Fsp3) is 0.214. The smallest absolute Gasteiger partial charge is 0.257 e. The molecule has 0 fully saturated rings. The molecule has 0 atom stereocenters. The van der Waals surface area contributed by atoms with Gasteiger partial charge in [0.15, 0.2) is 11.5 Å². The molecule has 35 heavy (non-hydrogen) atoms. The van der Waals surface area contributed by atoms with Crippen LogP contribution in [0.5, 0.6) is 17.2 Å². The molecule has 3 aromatic carbocycles. The van der Waals surface area contributed by atoms with Gasteiger partial charge in [0, 0.05) is 13.1 Å². The first-order valence-corrected chi connectivity index (χ1v) is 11.3. The van der Waals surface area contributed by atoms with Gasteiger partial charge in [0.2, 0.25) is 5.75 Å². The molecule has 0 unspecified atom stereocenters. The van der Waals surface area contributed by atoms with Gasteiger partial charge in [-0.25, -0.2) is 0 Å². The van der Waals surface area contributed by atoms with E-state index >= 15 is 0 Å². The Morgan fingerprint density at radius 2 is 1.23 bits per heavy atom. The number of carbonyl (C=O) groups excluding carboxylic acids is 2. The Bertz CT molecular complexity index is 1080. The summed E-state index contributed by atoms with van der Waals surface area (Å²) in [6.45, 7) is 2.87. The van der Waals surface area contributed by atoms with Crippen LogP contribution in [0.1, 0.15) is 23.6 Å². The zero-order chi connectivity index (χ0) is 25.0. The largest absolute Gasteiger partial charge is 0.493 e. The van der Waals surface area contributed by atoms with Crippen molar-refractivity contribution in [3.8, 4) is 17.2 Å². The number of ether oxygens (including phenoxy) is 3. The molecule has 7 nitrogen and oxygen atoms in total. The maximum atomic E-state index is 13.1. The summed E-state index contributed by atoms with van der Waals surface area (Å²) in [4.78, 5) is 26.2. The highest BCUT2D eigenvalue weighted by Gasteiger charge is 2.20. The summed E-state index contributed by atoms with van der Waals surface area (Å²) in [5.41, 5.74) is 2.37. The van der Waals surface area contributed by atoms with E-state index in [9.17, 15) is 9.59 Å². The number of rotatable bonds is 11. The first-order chi connectivity index (χ1) is 17.0. The number of methoxy groups -OCH3 is 2. The van der Waals surface area contributed by atoms with Crippen molar-refractivity contribution in [2.45, 2.75) is 20.0 Å². The van der Waals surface area contributed by atoms with Crippen LogP contribution >= 0.6 is 0 Å². The Kier molecular flexibility index (Phi) is 9.31. The molecule has 2 N–H and O–H groups in total. The SMILES string of the molecule is CCOc1c(OC)cc(C=C(C(=O)NCc2ccccc2)C(=O)NCc2ccccc2)cc1OC. The number of hydrogen-bond acceptors (Lipinski definition) is 5. The van der Waals surface area contributed by atoms with Crippen LogP contribution in [-0.4, -0.2) is 32.6 Å². The molecule has 0 radical (unpaired) electrons. The zero-order valence-corrected chi connectivity index (χ0v) is 20.2. The molecule has 0 aliphatic rings. The lowest BCUT2D eigenvalue weighted by Gasteiger charge is -2.15. The van der Waals surface area contributed by atoms with Gasteiger partial charge in [0.25, 0.3) is 11.8 Å². The van der Waals surface area contributed by atoms with Crippen molar-refractivity contribution in [2.24, 2.45) is 0 Å². The van der Waals surface area contributed by atoms with Gasteiger partial charge >= 0.3 is 0 Å². The highest BCUT2D eigenvalue weighted by atomic mass is 16.5. The lowest BCUT2D eigenvalue weighted by molar-refractivity contribution is -0.123. The van der Waals surface area contributed by atoms with Gasteiger partial charge in [0.1, 0.15) is 5.57 Å². The number of carbonyl (C=O) groups is 2. The fourth-order valence-corrected chi connectivity index (χ4v) is 3.42. The predicted octanol–water partition coefficient (Wildman–Crippen LogP) is 4.12. The molecular formula is C28H30N2O5. The summed E-state index contributed by atoms with van der Waals surface area (Å²) in [6.07, 6.45) is 1.52. The van der Waals surface area contributed by atoms with E-state index < -0.39 is 11.8 Å². The van der Waals surface area contributed by atoms with Gasteiger partial charge in [-0.3, -0.25) is 9.59 Å². The standard InChI is InChI=1S/C28H30N2O5/c1-4-35-26-24(33-2)16-22(17-25(26)34-3)15-23(27(31)29-18-20-11-7-5-8-12-20)28(32)30-19-21-13-9-6-10-14-21/h5-17H,4,18-19H2,1-3H3,(H,29,31)(H,30,32). The first kappa shape index (κ1) is 25.4. The van der Waals surface area contributed by atoms with Crippen molar-refractivity contribution in [2.75, 3.05) is 20.8 Å². The number of hydrogen-bond donors (Lipinski definition) is 2. The van der Waals surface area contributed by atoms with Crippen LogP contribution in [0.25, 0.3) is 6.08 Å². The number of nitrogens with one attached hydrogen (secondary N) is 2. The lowest BCUT2D eigenvalue weighted by atomic mass is 10.1. The van der Waals surface area contributed by atoms with E-state index in [0.29, 0.717) is 42.5 Å². The number of amides is 2. The van der Waals surface area contributed by atoms with Gasteiger partial charge < -0.3 is 24.8 Å². The third-order valence-electron chi connectivity index (χ3n) is 5.16. The van der Waals surface area contributed by atoms with Crippen molar-refractivity contribution in [1.29, 1.82) is 0 Å². The van der Waals surface area contributed by atoms with Gasteiger partial charge in [0.05, 0.1) is 20.8 Å². The second-order valence-electron chi connectivity index (χ2n) is 7.58. The Hall–Kier alpha value is -4.26. The van der Waals surface area contributed by atoms with Crippen LogP contribution in [0.15, 0.2) is 78.4 Å².